The van der Waals surface area contributed by atoms with Gasteiger partial charge in [-0.15, -0.1) is 0 Å². The molecule has 0 N–H and O–H groups in total. The van der Waals surface area contributed by atoms with Crippen LogP contribution in [0, 0.1) is 0 Å². The van der Waals surface area contributed by atoms with Gasteiger partial charge in [-0.25, -0.2) is 0 Å². The summed E-state index contributed by atoms with van der Waals surface area (Å²) in [6.07, 6.45) is 6.47. The highest BCUT2D eigenvalue weighted by molar-refractivity contribution is 5.72. The van der Waals surface area contributed by atoms with Crippen molar-refractivity contribution in [3.63, 3.8) is 0 Å². The van der Waals surface area contributed by atoms with Gasteiger partial charge in [-0.2, -0.15) is 0 Å². The van der Waals surface area contributed by atoms with E-state index in [1.807, 2.05) is 24.4 Å². The molecule has 0 unspecified atom stereocenters. The first-order valence-corrected chi connectivity index (χ1v) is 4.78. The standard InChI is InChI=1S/C12H13NO2/c1-14-11-7-9-3-5-13-6-4-10(9)8-12(11)15-2/h3,5-8H,4H2,1-2H3. The highest BCUT2D eigenvalue weighted by Crippen LogP contribution is 2.31. The Labute approximate surface area is 89.0 Å². The van der Waals surface area contributed by atoms with E-state index < -0.39 is 0 Å². The summed E-state index contributed by atoms with van der Waals surface area (Å²) in [5.74, 6) is 1.52. The Kier molecular flexibility index (Phi) is 2.72. The minimum atomic E-state index is 0.753. The molecule has 1 heterocycles. The fourth-order valence-electron chi connectivity index (χ4n) is 1.60. The average molecular weight is 203 g/mol. The zero-order valence-electron chi connectivity index (χ0n) is 8.86. The molecule has 0 spiro atoms. The number of nitrogens with zero attached hydrogens (tertiary/aromatic N) is 1. The normalized spacial score (nSPS) is 13.2. The molecule has 0 amide bonds. The van der Waals surface area contributed by atoms with Gasteiger partial charge in [-0.05, 0) is 29.3 Å². The van der Waals surface area contributed by atoms with Crippen LogP contribution in [0.25, 0.3) is 6.08 Å². The van der Waals surface area contributed by atoms with Crippen molar-refractivity contribution < 1.29 is 9.47 Å². The van der Waals surface area contributed by atoms with E-state index >= 15 is 0 Å². The highest BCUT2D eigenvalue weighted by Gasteiger charge is 2.09. The summed E-state index contributed by atoms with van der Waals surface area (Å²) in [6, 6.07) is 3.97. The van der Waals surface area contributed by atoms with Crippen LogP contribution >= 0.6 is 0 Å². The van der Waals surface area contributed by atoms with Gasteiger partial charge >= 0.3 is 0 Å². The molecule has 2 rings (SSSR count). The van der Waals surface area contributed by atoms with Crippen molar-refractivity contribution in [3.05, 3.63) is 29.5 Å². The molecule has 0 bridgehead atoms. The zero-order valence-corrected chi connectivity index (χ0v) is 8.86. The predicted molar refractivity (Wildman–Crippen MR) is 60.8 cm³/mol. The highest BCUT2D eigenvalue weighted by atomic mass is 16.5. The monoisotopic (exact) mass is 203 g/mol. The molecule has 0 radical (unpaired) electrons. The summed E-state index contributed by atoms with van der Waals surface area (Å²) in [7, 11) is 3.28. The SMILES string of the molecule is COc1cc2c(cc1OC)CC=NC=C2. The molecule has 0 fully saturated rings. The molecule has 15 heavy (non-hydrogen) atoms. The second-order valence-corrected chi connectivity index (χ2v) is 3.26. The minimum Gasteiger partial charge on any atom is -0.493 e. The second kappa shape index (κ2) is 4.17. The van der Waals surface area contributed by atoms with E-state index in [-0.39, 0.29) is 0 Å². The van der Waals surface area contributed by atoms with E-state index in [1.165, 1.54) is 5.56 Å². The molecular weight excluding hydrogens is 190 g/mol. The molecule has 3 heteroatoms. The van der Waals surface area contributed by atoms with Crippen LogP contribution in [0.2, 0.25) is 0 Å². The van der Waals surface area contributed by atoms with Crippen LogP contribution in [0.15, 0.2) is 23.3 Å². The van der Waals surface area contributed by atoms with Crippen molar-refractivity contribution in [2.24, 2.45) is 4.99 Å². The van der Waals surface area contributed by atoms with Crippen LogP contribution < -0.4 is 9.47 Å². The number of hydrogen-bond acceptors (Lipinski definition) is 3. The van der Waals surface area contributed by atoms with Gasteiger partial charge in [0.25, 0.3) is 0 Å². The molecule has 0 aromatic heterocycles. The summed E-state index contributed by atoms with van der Waals surface area (Å²) in [5.41, 5.74) is 2.33. The number of hydrogen-bond donors (Lipinski definition) is 0. The molecule has 0 saturated carbocycles. The topological polar surface area (TPSA) is 30.8 Å². The van der Waals surface area contributed by atoms with Crippen LogP contribution in [-0.4, -0.2) is 20.4 Å². The fourth-order valence-corrected chi connectivity index (χ4v) is 1.60. The maximum atomic E-state index is 5.25. The molecule has 1 aromatic rings. The van der Waals surface area contributed by atoms with Gasteiger partial charge in [-0.3, -0.25) is 4.99 Å². The summed E-state index contributed by atoms with van der Waals surface area (Å²) in [4.78, 5) is 4.11. The van der Waals surface area contributed by atoms with Crippen LogP contribution in [0.5, 0.6) is 11.5 Å². The Morgan fingerprint density at radius 2 is 1.87 bits per heavy atom. The van der Waals surface area contributed by atoms with E-state index in [0.717, 1.165) is 23.5 Å². The molecule has 0 atom stereocenters. The number of benzene rings is 1. The van der Waals surface area contributed by atoms with Crippen LogP contribution in [0.4, 0.5) is 0 Å². The summed E-state index contributed by atoms with van der Waals surface area (Å²) in [5, 5.41) is 0. The van der Waals surface area contributed by atoms with Crippen molar-refractivity contribution in [1.29, 1.82) is 0 Å². The van der Waals surface area contributed by atoms with Gasteiger partial charge in [0, 0.05) is 18.8 Å². The summed E-state index contributed by atoms with van der Waals surface area (Å²) >= 11 is 0. The predicted octanol–water partition coefficient (Wildman–Crippen LogP) is 2.30. The first-order chi connectivity index (χ1) is 7.35. The summed E-state index contributed by atoms with van der Waals surface area (Å²) in [6.45, 7) is 0. The van der Waals surface area contributed by atoms with Crippen molar-refractivity contribution in [3.8, 4) is 11.5 Å². The van der Waals surface area contributed by atoms with E-state index in [4.69, 9.17) is 9.47 Å². The molecule has 3 nitrogen and oxygen atoms in total. The van der Waals surface area contributed by atoms with Crippen LogP contribution in [-0.2, 0) is 6.42 Å². The van der Waals surface area contributed by atoms with Crippen molar-refractivity contribution >= 4 is 12.3 Å². The first kappa shape index (κ1) is 9.77. The molecular formula is C12H13NO2. The Balaban J connectivity index is 2.52. The molecule has 78 valence electrons. The fraction of sp³-hybridized carbons (Fsp3) is 0.250. The number of fused-ring (bicyclic) bond motifs is 1. The van der Waals surface area contributed by atoms with Crippen LogP contribution in [0.1, 0.15) is 11.1 Å². The van der Waals surface area contributed by atoms with E-state index in [0.29, 0.717) is 0 Å². The Hall–Kier alpha value is -1.77. The average Bonchev–Trinajstić information content (AvgIpc) is 2.51. The van der Waals surface area contributed by atoms with Gasteiger partial charge < -0.3 is 9.47 Å². The lowest BCUT2D eigenvalue weighted by molar-refractivity contribution is 0.354. The Bertz CT molecular complexity index is 422. The van der Waals surface area contributed by atoms with Gasteiger partial charge in [0.05, 0.1) is 14.2 Å². The molecule has 1 aromatic carbocycles. The number of rotatable bonds is 2. The number of methoxy groups -OCH3 is 2. The lowest BCUT2D eigenvalue weighted by Crippen LogP contribution is -1.95. The molecule has 0 saturated heterocycles. The maximum Gasteiger partial charge on any atom is 0.161 e. The van der Waals surface area contributed by atoms with Gasteiger partial charge in [0.1, 0.15) is 0 Å². The third-order valence-corrected chi connectivity index (χ3v) is 2.40. The number of aliphatic imine (C=N–C) groups is 1. The van der Waals surface area contributed by atoms with Gasteiger partial charge in [0.15, 0.2) is 11.5 Å². The Morgan fingerprint density at radius 1 is 1.13 bits per heavy atom. The number of ether oxygens (including phenoxy) is 2. The zero-order chi connectivity index (χ0) is 10.7. The van der Waals surface area contributed by atoms with Crippen molar-refractivity contribution in [2.45, 2.75) is 6.42 Å². The van der Waals surface area contributed by atoms with Gasteiger partial charge in [0.2, 0.25) is 0 Å². The second-order valence-electron chi connectivity index (χ2n) is 3.26. The van der Waals surface area contributed by atoms with Gasteiger partial charge in [-0.1, -0.05) is 0 Å². The van der Waals surface area contributed by atoms with Crippen molar-refractivity contribution in [2.75, 3.05) is 14.2 Å². The maximum absolute atomic E-state index is 5.25. The lowest BCUT2D eigenvalue weighted by atomic mass is 10.0. The lowest BCUT2D eigenvalue weighted by Gasteiger charge is -2.11. The molecule has 0 aliphatic carbocycles. The van der Waals surface area contributed by atoms with Crippen molar-refractivity contribution in [1.82, 2.24) is 0 Å². The summed E-state index contributed by atoms with van der Waals surface area (Å²) < 4.78 is 10.5. The molecule has 1 aliphatic rings. The minimum absolute atomic E-state index is 0.753. The van der Waals surface area contributed by atoms with E-state index in [9.17, 15) is 0 Å². The third kappa shape index (κ3) is 1.86. The Morgan fingerprint density at radius 3 is 2.60 bits per heavy atom. The first-order valence-electron chi connectivity index (χ1n) is 4.78. The van der Waals surface area contributed by atoms with E-state index in [2.05, 4.69) is 4.99 Å². The van der Waals surface area contributed by atoms with E-state index in [1.54, 1.807) is 20.4 Å². The van der Waals surface area contributed by atoms with Crippen LogP contribution in [0.3, 0.4) is 0 Å². The smallest absolute Gasteiger partial charge is 0.161 e. The molecule has 1 aliphatic heterocycles. The largest absolute Gasteiger partial charge is 0.493 e. The third-order valence-electron chi connectivity index (χ3n) is 2.40. The quantitative estimate of drug-likeness (QED) is 0.738.